The first-order chi connectivity index (χ1) is 10.8. The number of hydrogen-bond acceptors (Lipinski definition) is 6. The van der Waals surface area contributed by atoms with E-state index in [4.69, 9.17) is 9.37 Å². The molecule has 0 amide bonds. The van der Waals surface area contributed by atoms with Crippen LogP contribution in [0.15, 0.2) is 46.1 Å². The Bertz CT molecular complexity index is 627. The molecule has 116 valence electrons. The Kier molecular flexibility index (Phi) is 5.13. The molecule has 0 saturated heterocycles. The molecule has 22 heavy (non-hydrogen) atoms. The molecule has 1 aromatic heterocycles. The number of hydrogen-bond donors (Lipinski definition) is 0. The molecule has 0 N–H and O–H groups in total. The number of likely N-dealkylation sites (N-methyl/N-ethyl adjacent to an activating group) is 1. The van der Waals surface area contributed by atoms with Crippen LogP contribution < -0.4 is 4.74 Å². The minimum atomic E-state index is 0.625. The summed E-state index contributed by atoms with van der Waals surface area (Å²) in [6.07, 6.45) is 3.27. The first-order valence-electron chi connectivity index (χ1n) is 7.34. The average Bonchev–Trinajstić information content (AvgIpc) is 3.01. The van der Waals surface area contributed by atoms with Crippen LogP contribution >= 0.6 is 11.8 Å². The Labute approximate surface area is 134 Å². The summed E-state index contributed by atoms with van der Waals surface area (Å²) in [6, 6.07) is 9.82. The number of benzene rings is 1. The van der Waals surface area contributed by atoms with Crippen LogP contribution in [0.1, 0.15) is 12.1 Å². The van der Waals surface area contributed by atoms with E-state index in [0.29, 0.717) is 6.61 Å². The van der Waals surface area contributed by atoms with Gasteiger partial charge in [-0.1, -0.05) is 36.0 Å². The molecule has 2 heterocycles. The molecule has 2 aromatic rings. The highest BCUT2D eigenvalue weighted by Gasteiger charge is 2.18. The van der Waals surface area contributed by atoms with E-state index in [1.807, 2.05) is 30.3 Å². The maximum Gasteiger partial charge on any atom is 0.168 e. The SMILES string of the molecule is CN1CCC=C(c2nonc2SCCOc2ccccc2)C1. The molecule has 0 bridgehead atoms. The van der Waals surface area contributed by atoms with Crippen molar-refractivity contribution in [3.8, 4) is 5.75 Å². The van der Waals surface area contributed by atoms with Gasteiger partial charge in [0.25, 0.3) is 0 Å². The highest BCUT2D eigenvalue weighted by atomic mass is 32.2. The molecular weight excluding hydrogens is 298 g/mol. The van der Waals surface area contributed by atoms with Crippen molar-refractivity contribution in [2.24, 2.45) is 0 Å². The van der Waals surface area contributed by atoms with Gasteiger partial charge in [-0.3, -0.25) is 0 Å². The van der Waals surface area contributed by atoms with Gasteiger partial charge in [0.15, 0.2) is 5.03 Å². The lowest BCUT2D eigenvalue weighted by atomic mass is 10.1. The Morgan fingerprint density at radius 1 is 1.27 bits per heavy atom. The lowest BCUT2D eigenvalue weighted by molar-refractivity contribution is 0.297. The Morgan fingerprint density at radius 3 is 2.95 bits per heavy atom. The third-order valence-corrected chi connectivity index (χ3v) is 4.35. The average molecular weight is 317 g/mol. The standard InChI is InChI=1S/C16H19N3O2S/c1-19-9-5-6-13(12-19)15-16(18-21-17-15)22-11-10-20-14-7-3-2-4-8-14/h2-4,6-8H,5,9-12H2,1H3. The fourth-order valence-electron chi connectivity index (χ4n) is 2.35. The largest absolute Gasteiger partial charge is 0.493 e. The molecule has 0 radical (unpaired) electrons. The first-order valence-corrected chi connectivity index (χ1v) is 8.32. The number of para-hydroxylation sites is 1. The fourth-order valence-corrected chi connectivity index (χ4v) is 3.10. The summed E-state index contributed by atoms with van der Waals surface area (Å²) in [4.78, 5) is 2.27. The predicted octanol–water partition coefficient (Wildman–Crippen LogP) is 2.96. The Hall–Kier alpha value is -1.79. The minimum absolute atomic E-state index is 0.625. The molecule has 0 saturated carbocycles. The molecular formula is C16H19N3O2S. The lowest BCUT2D eigenvalue weighted by Gasteiger charge is -2.21. The third-order valence-electron chi connectivity index (χ3n) is 3.44. The van der Waals surface area contributed by atoms with Crippen molar-refractivity contribution in [3.05, 3.63) is 42.1 Å². The lowest BCUT2D eigenvalue weighted by Crippen LogP contribution is -2.25. The highest BCUT2D eigenvalue weighted by molar-refractivity contribution is 7.99. The van der Waals surface area contributed by atoms with Gasteiger partial charge in [-0.2, -0.15) is 0 Å². The van der Waals surface area contributed by atoms with Crippen LogP contribution in [0.25, 0.3) is 5.57 Å². The number of thioether (sulfide) groups is 1. The molecule has 0 fully saturated rings. The zero-order chi connectivity index (χ0) is 15.2. The smallest absolute Gasteiger partial charge is 0.168 e. The molecule has 0 unspecified atom stereocenters. The van der Waals surface area contributed by atoms with Gasteiger partial charge in [0, 0.05) is 18.8 Å². The van der Waals surface area contributed by atoms with Crippen LogP contribution in [0.4, 0.5) is 0 Å². The van der Waals surface area contributed by atoms with Gasteiger partial charge in [-0.05, 0) is 41.5 Å². The maximum absolute atomic E-state index is 5.68. The molecule has 1 aliphatic heterocycles. The van der Waals surface area contributed by atoms with Crippen molar-refractivity contribution in [1.29, 1.82) is 0 Å². The molecule has 1 aliphatic rings. The van der Waals surface area contributed by atoms with Crippen LogP contribution in [-0.2, 0) is 0 Å². The van der Waals surface area contributed by atoms with E-state index < -0.39 is 0 Å². The third kappa shape index (κ3) is 3.90. The summed E-state index contributed by atoms with van der Waals surface area (Å²) in [7, 11) is 2.11. The van der Waals surface area contributed by atoms with Crippen LogP contribution in [0.3, 0.4) is 0 Å². The number of aromatic nitrogens is 2. The van der Waals surface area contributed by atoms with Crippen molar-refractivity contribution in [2.45, 2.75) is 11.4 Å². The second-order valence-electron chi connectivity index (χ2n) is 5.18. The number of nitrogens with zero attached hydrogens (tertiary/aromatic N) is 3. The van der Waals surface area contributed by atoms with Crippen LogP contribution in [0.5, 0.6) is 5.75 Å². The monoisotopic (exact) mass is 317 g/mol. The van der Waals surface area contributed by atoms with Gasteiger partial charge in [-0.25, -0.2) is 4.63 Å². The van der Waals surface area contributed by atoms with Crippen molar-refractivity contribution in [2.75, 3.05) is 32.5 Å². The van der Waals surface area contributed by atoms with Crippen molar-refractivity contribution in [1.82, 2.24) is 15.2 Å². The van der Waals surface area contributed by atoms with Crippen LogP contribution in [0, 0.1) is 0 Å². The van der Waals surface area contributed by atoms with Gasteiger partial charge in [-0.15, -0.1) is 0 Å². The van der Waals surface area contributed by atoms with Crippen LogP contribution in [0.2, 0.25) is 0 Å². The van der Waals surface area contributed by atoms with E-state index in [1.165, 1.54) is 5.57 Å². The molecule has 0 aliphatic carbocycles. The van der Waals surface area contributed by atoms with Gasteiger partial charge < -0.3 is 9.64 Å². The van der Waals surface area contributed by atoms with E-state index in [9.17, 15) is 0 Å². The second-order valence-corrected chi connectivity index (χ2v) is 6.27. The van der Waals surface area contributed by atoms with E-state index in [2.05, 4.69) is 28.3 Å². The van der Waals surface area contributed by atoms with Crippen molar-refractivity contribution in [3.63, 3.8) is 0 Å². The highest BCUT2D eigenvalue weighted by Crippen LogP contribution is 2.27. The summed E-state index contributed by atoms with van der Waals surface area (Å²) in [6.45, 7) is 2.60. The van der Waals surface area contributed by atoms with Gasteiger partial charge in [0.1, 0.15) is 11.4 Å². The van der Waals surface area contributed by atoms with Gasteiger partial charge >= 0.3 is 0 Å². The molecule has 5 nitrogen and oxygen atoms in total. The second kappa shape index (κ2) is 7.47. The zero-order valence-electron chi connectivity index (χ0n) is 12.6. The normalized spacial score (nSPS) is 15.6. The summed E-state index contributed by atoms with van der Waals surface area (Å²) in [5.74, 6) is 1.69. The Balaban J connectivity index is 1.53. The number of ether oxygens (including phenoxy) is 1. The minimum Gasteiger partial charge on any atom is -0.493 e. The summed E-state index contributed by atoms with van der Waals surface area (Å²) in [5, 5.41) is 8.94. The molecule has 0 spiro atoms. The summed E-state index contributed by atoms with van der Waals surface area (Å²) in [5.41, 5.74) is 2.07. The van der Waals surface area contributed by atoms with Crippen LogP contribution in [-0.4, -0.2) is 47.7 Å². The quantitative estimate of drug-likeness (QED) is 0.603. The van der Waals surface area contributed by atoms with Crippen molar-refractivity contribution < 1.29 is 9.37 Å². The van der Waals surface area contributed by atoms with E-state index >= 15 is 0 Å². The topological polar surface area (TPSA) is 51.4 Å². The van der Waals surface area contributed by atoms with E-state index in [-0.39, 0.29) is 0 Å². The molecule has 3 rings (SSSR count). The molecule has 0 atom stereocenters. The summed E-state index contributed by atoms with van der Waals surface area (Å²) < 4.78 is 10.6. The van der Waals surface area contributed by atoms with Gasteiger partial charge in [0.05, 0.1) is 6.61 Å². The maximum atomic E-state index is 5.68. The van der Waals surface area contributed by atoms with E-state index in [1.54, 1.807) is 11.8 Å². The van der Waals surface area contributed by atoms with Gasteiger partial charge in [0.2, 0.25) is 0 Å². The first kappa shape index (κ1) is 15.1. The summed E-state index contributed by atoms with van der Waals surface area (Å²) >= 11 is 1.62. The Morgan fingerprint density at radius 2 is 2.14 bits per heavy atom. The predicted molar refractivity (Wildman–Crippen MR) is 87.1 cm³/mol. The zero-order valence-corrected chi connectivity index (χ0v) is 13.4. The van der Waals surface area contributed by atoms with Crippen molar-refractivity contribution >= 4 is 17.3 Å². The van der Waals surface area contributed by atoms with E-state index in [0.717, 1.165) is 41.7 Å². The molecule has 6 heteroatoms. The fraction of sp³-hybridized carbons (Fsp3) is 0.375. The number of rotatable bonds is 6. The molecule has 1 aromatic carbocycles.